The van der Waals surface area contributed by atoms with Gasteiger partial charge >= 0.3 is 0 Å². The standard InChI is InChI=1S/C21H27NO/c23-19(22-8-4-5-9-22)21-13-16-10-17(14-21)12-20(11-16,15-21)18-6-2-1-3-7-18/h1-3,6-7,16-17H,4-5,8-15H2/t16-,17-,20?,21?/m0/s1. The summed E-state index contributed by atoms with van der Waals surface area (Å²) in [4.78, 5) is 15.6. The Kier molecular flexibility index (Phi) is 2.96. The lowest BCUT2D eigenvalue weighted by Gasteiger charge is -2.62. The Morgan fingerprint density at radius 1 is 0.957 bits per heavy atom. The number of amides is 1. The molecule has 1 aromatic carbocycles. The van der Waals surface area contributed by atoms with Crippen molar-refractivity contribution in [3.63, 3.8) is 0 Å². The fourth-order valence-corrected chi connectivity index (χ4v) is 6.90. The van der Waals surface area contributed by atoms with Crippen molar-refractivity contribution in [3.8, 4) is 0 Å². The summed E-state index contributed by atoms with van der Waals surface area (Å²) in [5.41, 5.74) is 1.78. The van der Waals surface area contributed by atoms with Crippen molar-refractivity contribution in [2.75, 3.05) is 13.1 Å². The first kappa shape index (κ1) is 14.1. The molecule has 1 heterocycles. The lowest BCUT2D eigenvalue weighted by molar-refractivity contribution is -0.159. The molecule has 1 amide bonds. The zero-order chi connectivity index (χ0) is 15.5. The lowest BCUT2D eigenvalue weighted by atomic mass is 9.42. The van der Waals surface area contributed by atoms with Crippen molar-refractivity contribution >= 4 is 5.91 Å². The third-order valence-electron chi connectivity index (χ3n) is 7.29. The zero-order valence-corrected chi connectivity index (χ0v) is 14.0. The van der Waals surface area contributed by atoms with Gasteiger partial charge in [0.05, 0.1) is 5.41 Å². The third kappa shape index (κ3) is 2.03. The summed E-state index contributed by atoms with van der Waals surface area (Å²) >= 11 is 0. The molecule has 2 heteroatoms. The van der Waals surface area contributed by atoms with Crippen LogP contribution in [0.15, 0.2) is 30.3 Å². The van der Waals surface area contributed by atoms with Crippen molar-refractivity contribution in [2.45, 2.75) is 56.8 Å². The fourth-order valence-electron chi connectivity index (χ4n) is 6.90. The van der Waals surface area contributed by atoms with E-state index in [9.17, 15) is 4.79 Å². The molecule has 23 heavy (non-hydrogen) atoms. The Labute approximate surface area is 139 Å². The molecular weight excluding hydrogens is 282 g/mol. The molecule has 5 fully saturated rings. The maximum Gasteiger partial charge on any atom is 0.228 e. The molecule has 4 bridgehead atoms. The van der Waals surface area contributed by atoms with Gasteiger partial charge in [0.25, 0.3) is 0 Å². The Morgan fingerprint density at radius 3 is 2.26 bits per heavy atom. The molecule has 0 aromatic heterocycles. The minimum atomic E-state index is -0.0235. The Morgan fingerprint density at radius 2 is 1.61 bits per heavy atom. The highest BCUT2D eigenvalue weighted by Crippen LogP contribution is 2.66. The molecule has 0 N–H and O–H groups in total. The monoisotopic (exact) mass is 309 g/mol. The molecule has 1 saturated heterocycles. The number of rotatable bonds is 2. The van der Waals surface area contributed by atoms with Gasteiger partial charge in [-0.05, 0) is 74.2 Å². The topological polar surface area (TPSA) is 20.3 Å². The van der Waals surface area contributed by atoms with Gasteiger partial charge in [-0.25, -0.2) is 0 Å². The van der Waals surface area contributed by atoms with E-state index in [1.807, 2.05) is 0 Å². The average Bonchev–Trinajstić information content (AvgIpc) is 3.08. The Bertz CT molecular complexity index is 602. The molecule has 0 unspecified atom stereocenters. The lowest BCUT2D eigenvalue weighted by Crippen LogP contribution is -2.59. The van der Waals surface area contributed by atoms with Gasteiger partial charge in [0, 0.05) is 13.1 Å². The van der Waals surface area contributed by atoms with Gasteiger partial charge in [0.15, 0.2) is 0 Å². The molecule has 5 aliphatic rings. The molecule has 2 nitrogen and oxygen atoms in total. The van der Waals surface area contributed by atoms with Gasteiger partial charge in [0.2, 0.25) is 5.91 Å². The first-order valence-corrected chi connectivity index (χ1v) is 9.54. The highest BCUT2D eigenvalue weighted by Gasteiger charge is 2.61. The van der Waals surface area contributed by atoms with Gasteiger partial charge in [-0.2, -0.15) is 0 Å². The summed E-state index contributed by atoms with van der Waals surface area (Å²) in [6.07, 6.45) is 9.90. The van der Waals surface area contributed by atoms with E-state index in [0.717, 1.165) is 31.3 Å². The predicted octanol–water partition coefficient (Wildman–Crippen LogP) is 4.15. The van der Waals surface area contributed by atoms with Gasteiger partial charge in [-0.3, -0.25) is 4.79 Å². The SMILES string of the molecule is O=C(N1CCCC1)C12C[C@H]3C[C@H](C1)CC(c1ccccc1)(C3)C2. The molecule has 4 aliphatic carbocycles. The van der Waals surface area contributed by atoms with Crippen LogP contribution in [0.25, 0.3) is 0 Å². The molecular formula is C21H27NO. The van der Waals surface area contributed by atoms with Crippen LogP contribution < -0.4 is 0 Å². The second-order valence-corrected chi connectivity index (χ2v) is 8.89. The van der Waals surface area contributed by atoms with Crippen LogP contribution in [-0.4, -0.2) is 23.9 Å². The van der Waals surface area contributed by atoms with Gasteiger partial charge in [-0.1, -0.05) is 30.3 Å². The maximum absolute atomic E-state index is 13.4. The number of likely N-dealkylation sites (tertiary alicyclic amines) is 1. The van der Waals surface area contributed by atoms with Crippen LogP contribution >= 0.6 is 0 Å². The minimum Gasteiger partial charge on any atom is -0.342 e. The molecule has 122 valence electrons. The number of hydrogen-bond donors (Lipinski definition) is 0. The minimum absolute atomic E-state index is 0.0235. The van der Waals surface area contributed by atoms with Gasteiger partial charge in [-0.15, -0.1) is 0 Å². The number of carbonyl (C=O) groups excluding carboxylic acids is 1. The second kappa shape index (κ2) is 4.84. The summed E-state index contributed by atoms with van der Waals surface area (Å²) in [5, 5.41) is 0. The number of benzene rings is 1. The van der Waals surface area contributed by atoms with Crippen LogP contribution in [0.1, 0.15) is 56.9 Å². The van der Waals surface area contributed by atoms with Crippen LogP contribution in [0.4, 0.5) is 0 Å². The first-order valence-electron chi connectivity index (χ1n) is 9.54. The Balaban J connectivity index is 1.53. The normalized spacial score (nSPS) is 41.5. The van der Waals surface area contributed by atoms with Crippen LogP contribution in [0.2, 0.25) is 0 Å². The molecule has 1 aromatic rings. The van der Waals surface area contributed by atoms with E-state index in [2.05, 4.69) is 35.2 Å². The summed E-state index contributed by atoms with van der Waals surface area (Å²) < 4.78 is 0. The summed E-state index contributed by atoms with van der Waals surface area (Å²) in [6.45, 7) is 2.02. The molecule has 0 radical (unpaired) electrons. The van der Waals surface area contributed by atoms with E-state index in [-0.39, 0.29) is 5.41 Å². The second-order valence-electron chi connectivity index (χ2n) is 8.89. The molecule has 1 aliphatic heterocycles. The predicted molar refractivity (Wildman–Crippen MR) is 91.0 cm³/mol. The van der Waals surface area contributed by atoms with Crippen LogP contribution in [0.3, 0.4) is 0 Å². The van der Waals surface area contributed by atoms with E-state index in [4.69, 9.17) is 0 Å². The largest absolute Gasteiger partial charge is 0.342 e. The van der Waals surface area contributed by atoms with Crippen LogP contribution in [-0.2, 0) is 10.2 Å². The van der Waals surface area contributed by atoms with Crippen molar-refractivity contribution in [1.82, 2.24) is 4.90 Å². The molecule has 2 atom stereocenters. The van der Waals surface area contributed by atoms with E-state index in [1.54, 1.807) is 0 Å². The smallest absolute Gasteiger partial charge is 0.228 e. The maximum atomic E-state index is 13.4. The summed E-state index contributed by atoms with van der Waals surface area (Å²) in [5.74, 6) is 2.08. The number of carbonyl (C=O) groups is 1. The van der Waals surface area contributed by atoms with Crippen LogP contribution in [0, 0.1) is 17.3 Å². The molecule has 6 rings (SSSR count). The van der Waals surface area contributed by atoms with Gasteiger partial charge < -0.3 is 4.90 Å². The number of hydrogen-bond acceptors (Lipinski definition) is 1. The highest BCUT2D eigenvalue weighted by molar-refractivity contribution is 5.84. The van der Waals surface area contributed by atoms with Crippen molar-refractivity contribution in [3.05, 3.63) is 35.9 Å². The van der Waals surface area contributed by atoms with Crippen molar-refractivity contribution in [2.24, 2.45) is 17.3 Å². The van der Waals surface area contributed by atoms with E-state index in [1.165, 1.54) is 50.5 Å². The quantitative estimate of drug-likeness (QED) is 0.804. The average molecular weight is 309 g/mol. The molecule has 0 spiro atoms. The van der Waals surface area contributed by atoms with Gasteiger partial charge in [0.1, 0.15) is 0 Å². The zero-order valence-electron chi connectivity index (χ0n) is 14.0. The Hall–Kier alpha value is -1.31. The molecule has 4 saturated carbocycles. The van der Waals surface area contributed by atoms with E-state index in [0.29, 0.717) is 11.3 Å². The summed E-state index contributed by atoms with van der Waals surface area (Å²) in [6, 6.07) is 11.1. The third-order valence-corrected chi connectivity index (χ3v) is 7.29. The van der Waals surface area contributed by atoms with E-state index < -0.39 is 0 Å². The van der Waals surface area contributed by atoms with E-state index >= 15 is 0 Å². The van der Waals surface area contributed by atoms with Crippen LogP contribution in [0.5, 0.6) is 0 Å². The highest BCUT2D eigenvalue weighted by atomic mass is 16.2. The first-order chi connectivity index (χ1) is 11.2. The fraction of sp³-hybridized carbons (Fsp3) is 0.667. The number of nitrogens with zero attached hydrogens (tertiary/aromatic N) is 1. The summed E-state index contributed by atoms with van der Waals surface area (Å²) in [7, 11) is 0. The van der Waals surface area contributed by atoms with Crippen molar-refractivity contribution in [1.29, 1.82) is 0 Å². The van der Waals surface area contributed by atoms with Crippen molar-refractivity contribution < 1.29 is 4.79 Å².